The van der Waals surface area contributed by atoms with E-state index < -0.39 is 35.2 Å². The highest BCUT2D eigenvalue weighted by atomic mass is 19.3. The first-order valence-electron chi connectivity index (χ1n) is 9.51. The first-order valence-corrected chi connectivity index (χ1v) is 9.51. The SMILES string of the molecule is CCC[C@H]1CCC2CC(C(F)(F)Oc3cc(F)c(F)c(F)c3)CCC2C1. The summed E-state index contributed by atoms with van der Waals surface area (Å²) in [5.41, 5.74) is 0. The number of rotatable bonds is 5. The second-order valence-electron chi connectivity index (χ2n) is 7.86. The Balaban J connectivity index is 1.64. The lowest BCUT2D eigenvalue weighted by atomic mass is 9.64. The Bertz CT molecular complexity index is 610. The molecular weight excluding hydrogens is 351 g/mol. The molecule has 3 rings (SSSR count). The van der Waals surface area contributed by atoms with Crippen molar-refractivity contribution in [3.05, 3.63) is 29.6 Å². The first-order chi connectivity index (χ1) is 12.3. The average Bonchev–Trinajstić information content (AvgIpc) is 2.59. The van der Waals surface area contributed by atoms with Crippen LogP contribution < -0.4 is 4.74 Å². The molecule has 0 bridgehead atoms. The normalized spacial score (nSPS) is 29.3. The lowest BCUT2D eigenvalue weighted by Crippen LogP contribution is -2.41. The van der Waals surface area contributed by atoms with Crippen LogP contribution in [0.15, 0.2) is 12.1 Å². The van der Waals surface area contributed by atoms with Crippen LogP contribution in [0.5, 0.6) is 5.75 Å². The summed E-state index contributed by atoms with van der Waals surface area (Å²) in [6.45, 7) is 2.17. The van der Waals surface area contributed by atoms with Crippen LogP contribution in [0.1, 0.15) is 58.3 Å². The number of fused-ring (bicyclic) bond motifs is 1. The van der Waals surface area contributed by atoms with Gasteiger partial charge in [-0.3, -0.25) is 0 Å². The highest BCUT2D eigenvalue weighted by Gasteiger charge is 2.47. The van der Waals surface area contributed by atoms with Gasteiger partial charge in [0.15, 0.2) is 17.5 Å². The van der Waals surface area contributed by atoms with Crippen LogP contribution in [0.4, 0.5) is 22.0 Å². The molecule has 1 aromatic carbocycles. The molecular formula is C20H25F5O. The number of ether oxygens (including phenoxy) is 1. The van der Waals surface area contributed by atoms with E-state index >= 15 is 0 Å². The van der Waals surface area contributed by atoms with E-state index in [1.54, 1.807) is 0 Å². The quantitative estimate of drug-likeness (QED) is 0.410. The van der Waals surface area contributed by atoms with Crippen molar-refractivity contribution in [2.24, 2.45) is 23.7 Å². The highest BCUT2D eigenvalue weighted by molar-refractivity contribution is 5.25. The molecule has 26 heavy (non-hydrogen) atoms. The number of halogens is 5. The predicted molar refractivity (Wildman–Crippen MR) is 88.5 cm³/mol. The molecule has 0 aliphatic heterocycles. The van der Waals surface area contributed by atoms with E-state index in [4.69, 9.17) is 0 Å². The summed E-state index contributed by atoms with van der Waals surface area (Å²) in [5, 5.41) is 0. The molecule has 4 atom stereocenters. The van der Waals surface area contributed by atoms with Gasteiger partial charge in [-0.15, -0.1) is 0 Å². The van der Waals surface area contributed by atoms with Crippen molar-refractivity contribution in [2.45, 2.75) is 64.4 Å². The van der Waals surface area contributed by atoms with Crippen molar-refractivity contribution < 1.29 is 26.7 Å². The van der Waals surface area contributed by atoms with Gasteiger partial charge in [-0.25, -0.2) is 13.2 Å². The van der Waals surface area contributed by atoms with Crippen LogP contribution in [0.25, 0.3) is 0 Å². The zero-order valence-corrected chi connectivity index (χ0v) is 14.9. The smallest absolute Gasteiger partial charge is 0.400 e. The van der Waals surface area contributed by atoms with E-state index in [-0.39, 0.29) is 5.92 Å². The Hall–Kier alpha value is -1.33. The van der Waals surface area contributed by atoms with Gasteiger partial charge in [-0.2, -0.15) is 8.78 Å². The molecule has 1 nitrogen and oxygen atoms in total. The molecule has 2 saturated carbocycles. The molecule has 3 unspecified atom stereocenters. The van der Waals surface area contributed by atoms with E-state index in [0.29, 0.717) is 36.8 Å². The lowest BCUT2D eigenvalue weighted by molar-refractivity contribution is -0.229. The molecule has 0 radical (unpaired) electrons. The third kappa shape index (κ3) is 4.15. The Morgan fingerprint density at radius 3 is 2.23 bits per heavy atom. The van der Waals surface area contributed by atoms with Crippen LogP contribution in [0.2, 0.25) is 0 Å². The fraction of sp³-hybridized carbons (Fsp3) is 0.700. The second-order valence-corrected chi connectivity index (χ2v) is 7.86. The topological polar surface area (TPSA) is 9.23 Å². The van der Waals surface area contributed by atoms with Gasteiger partial charge < -0.3 is 4.74 Å². The van der Waals surface area contributed by atoms with E-state index in [1.807, 2.05) is 0 Å². The number of alkyl halides is 2. The summed E-state index contributed by atoms with van der Waals surface area (Å²) < 4.78 is 73.2. The predicted octanol–water partition coefficient (Wildman–Crippen LogP) is 6.71. The van der Waals surface area contributed by atoms with E-state index in [2.05, 4.69) is 11.7 Å². The molecule has 1 aromatic rings. The third-order valence-corrected chi connectivity index (χ3v) is 6.11. The van der Waals surface area contributed by atoms with Crippen LogP contribution in [0.3, 0.4) is 0 Å². The van der Waals surface area contributed by atoms with Crippen LogP contribution in [0, 0.1) is 41.1 Å². The Labute approximate surface area is 150 Å². The maximum atomic E-state index is 14.6. The molecule has 2 fully saturated rings. The number of benzene rings is 1. The van der Waals surface area contributed by atoms with Crippen molar-refractivity contribution >= 4 is 0 Å². The standard InChI is InChI=1S/C20H25F5O/c1-2-3-12-4-5-14-9-15(7-6-13(14)8-12)20(24,25)26-16-10-17(21)19(23)18(22)11-16/h10-15H,2-9H2,1H3/t12-,13?,14?,15?/m0/s1. The Kier molecular flexibility index (Phi) is 5.78. The summed E-state index contributed by atoms with van der Waals surface area (Å²) in [6.07, 6.45) is 3.43. The summed E-state index contributed by atoms with van der Waals surface area (Å²) in [6, 6.07) is 0.932. The molecule has 6 heteroatoms. The van der Waals surface area contributed by atoms with E-state index in [1.165, 1.54) is 6.42 Å². The highest BCUT2D eigenvalue weighted by Crippen LogP contribution is 2.49. The fourth-order valence-corrected chi connectivity index (χ4v) is 4.79. The summed E-state index contributed by atoms with van der Waals surface area (Å²) >= 11 is 0. The summed E-state index contributed by atoms with van der Waals surface area (Å²) in [4.78, 5) is 0. The molecule has 146 valence electrons. The maximum Gasteiger partial charge on any atom is 0.400 e. The zero-order chi connectivity index (χ0) is 18.9. The van der Waals surface area contributed by atoms with Crippen LogP contribution >= 0.6 is 0 Å². The van der Waals surface area contributed by atoms with Crippen molar-refractivity contribution in [3.8, 4) is 5.75 Å². The average molecular weight is 376 g/mol. The summed E-state index contributed by atoms with van der Waals surface area (Å²) in [5.74, 6) is -4.96. The van der Waals surface area contributed by atoms with Gasteiger partial charge in [0.05, 0.1) is 5.92 Å². The molecule has 0 aromatic heterocycles. The summed E-state index contributed by atoms with van der Waals surface area (Å²) in [7, 11) is 0. The minimum Gasteiger partial charge on any atom is -0.432 e. The van der Waals surface area contributed by atoms with Crippen LogP contribution in [-0.2, 0) is 0 Å². The van der Waals surface area contributed by atoms with Crippen molar-refractivity contribution in [2.75, 3.05) is 0 Å². The van der Waals surface area contributed by atoms with E-state index in [9.17, 15) is 22.0 Å². The van der Waals surface area contributed by atoms with Gasteiger partial charge in [0, 0.05) is 12.1 Å². The van der Waals surface area contributed by atoms with Gasteiger partial charge >= 0.3 is 6.11 Å². The minimum atomic E-state index is -3.53. The van der Waals surface area contributed by atoms with E-state index in [0.717, 1.165) is 32.1 Å². The largest absolute Gasteiger partial charge is 0.432 e. The molecule has 2 aliphatic carbocycles. The van der Waals surface area contributed by atoms with Crippen molar-refractivity contribution in [1.82, 2.24) is 0 Å². The van der Waals surface area contributed by atoms with Crippen LogP contribution in [-0.4, -0.2) is 6.11 Å². The molecule has 0 saturated heterocycles. The molecule has 0 amide bonds. The molecule has 0 N–H and O–H groups in total. The second kappa shape index (κ2) is 7.73. The Morgan fingerprint density at radius 2 is 1.58 bits per heavy atom. The Morgan fingerprint density at radius 1 is 0.962 bits per heavy atom. The lowest BCUT2D eigenvalue weighted by Gasteiger charge is -2.43. The zero-order valence-electron chi connectivity index (χ0n) is 14.9. The monoisotopic (exact) mass is 376 g/mol. The number of hydrogen-bond donors (Lipinski definition) is 0. The molecule has 2 aliphatic rings. The molecule has 0 spiro atoms. The van der Waals surface area contributed by atoms with Gasteiger partial charge in [-0.1, -0.05) is 26.2 Å². The van der Waals surface area contributed by atoms with Gasteiger partial charge in [0.25, 0.3) is 0 Å². The van der Waals surface area contributed by atoms with Crippen molar-refractivity contribution in [3.63, 3.8) is 0 Å². The molecule has 0 heterocycles. The minimum absolute atomic E-state index is 0.262. The number of hydrogen-bond acceptors (Lipinski definition) is 1. The maximum absolute atomic E-state index is 14.6. The van der Waals surface area contributed by atoms with Gasteiger partial charge in [0.2, 0.25) is 0 Å². The van der Waals surface area contributed by atoms with Gasteiger partial charge in [-0.05, 0) is 49.9 Å². The third-order valence-electron chi connectivity index (χ3n) is 6.11. The first kappa shape index (κ1) is 19.4. The van der Waals surface area contributed by atoms with Crippen molar-refractivity contribution in [1.29, 1.82) is 0 Å². The van der Waals surface area contributed by atoms with Gasteiger partial charge in [0.1, 0.15) is 5.75 Å². The fourth-order valence-electron chi connectivity index (χ4n) is 4.79.